The number of rotatable bonds is 4. The number of aromatic nitrogens is 4. The van der Waals surface area contributed by atoms with Gasteiger partial charge in [0.2, 0.25) is 0 Å². The highest BCUT2D eigenvalue weighted by Gasteiger charge is 2.28. The van der Waals surface area contributed by atoms with E-state index in [-0.39, 0.29) is 11.9 Å². The summed E-state index contributed by atoms with van der Waals surface area (Å²) in [5, 5.41) is 0. The Morgan fingerprint density at radius 2 is 2.00 bits per heavy atom. The van der Waals surface area contributed by atoms with Crippen LogP contribution in [-0.2, 0) is 18.3 Å². The third kappa shape index (κ3) is 3.43. The summed E-state index contributed by atoms with van der Waals surface area (Å²) in [4.78, 5) is 15.1. The molecule has 29 heavy (non-hydrogen) atoms. The summed E-state index contributed by atoms with van der Waals surface area (Å²) in [6.07, 6.45) is 1.80. The van der Waals surface area contributed by atoms with Gasteiger partial charge in [0.15, 0.2) is 0 Å². The van der Waals surface area contributed by atoms with Crippen molar-refractivity contribution in [3.05, 3.63) is 72.2 Å². The molecule has 6 nitrogen and oxygen atoms in total. The summed E-state index contributed by atoms with van der Waals surface area (Å²) in [5.74, 6) is 1.62. The fourth-order valence-electron chi connectivity index (χ4n) is 3.88. The fourth-order valence-corrected chi connectivity index (χ4v) is 3.88. The minimum absolute atomic E-state index is 0.0118. The van der Waals surface area contributed by atoms with Crippen LogP contribution in [0.5, 0.6) is 0 Å². The van der Waals surface area contributed by atoms with Crippen LogP contribution in [0, 0.1) is 5.82 Å². The molecule has 5 rings (SSSR count). The number of hydrogen-bond donors (Lipinski definition) is 1. The first-order valence-corrected chi connectivity index (χ1v) is 9.72. The molecule has 0 bridgehead atoms. The lowest BCUT2D eigenvalue weighted by molar-refractivity contribution is -0.0170. The number of aromatic amines is 1. The van der Waals surface area contributed by atoms with E-state index in [2.05, 4.69) is 32.5 Å². The lowest BCUT2D eigenvalue weighted by Gasteiger charge is -2.34. The molecule has 0 amide bonds. The highest BCUT2D eigenvalue weighted by molar-refractivity contribution is 5.75. The topological polar surface area (TPSA) is 59.0 Å². The number of ether oxygens (including phenoxy) is 1. The summed E-state index contributed by atoms with van der Waals surface area (Å²) >= 11 is 0. The van der Waals surface area contributed by atoms with Gasteiger partial charge in [-0.2, -0.15) is 0 Å². The maximum absolute atomic E-state index is 13.2. The summed E-state index contributed by atoms with van der Waals surface area (Å²) in [5.41, 5.74) is 3.91. The predicted molar refractivity (Wildman–Crippen MR) is 109 cm³/mol. The van der Waals surface area contributed by atoms with Crippen molar-refractivity contribution >= 4 is 11.0 Å². The van der Waals surface area contributed by atoms with Crippen molar-refractivity contribution in [3.8, 4) is 11.3 Å². The zero-order valence-corrected chi connectivity index (χ0v) is 16.2. The average Bonchev–Trinajstić information content (AvgIpc) is 3.35. The summed E-state index contributed by atoms with van der Waals surface area (Å²) in [6, 6.07) is 14.6. The van der Waals surface area contributed by atoms with Gasteiger partial charge in [0.05, 0.1) is 48.7 Å². The smallest absolute Gasteiger partial charge is 0.126 e. The molecule has 1 fully saturated rings. The van der Waals surface area contributed by atoms with Crippen molar-refractivity contribution in [1.29, 1.82) is 0 Å². The number of hydrogen-bond acceptors (Lipinski definition) is 4. The molecule has 0 spiro atoms. The molecule has 1 aliphatic rings. The number of benzene rings is 2. The molecule has 2 aromatic carbocycles. The number of imidazole rings is 2. The van der Waals surface area contributed by atoms with Gasteiger partial charge < -0.3 is 14.3 Å². The fraction of sp³-hybridized carbons (Fsp3) is 0.273. The molecule has 1 N–H and O–H groups in total. The first-order valence-electron chi connectivity index (χ1n) is 9.72. The maximum atomic E-state index is 13.2. The first kappa shape index (κ1) is 18.0. The zero-order chi connectivity index (χ0) is 19.8. The molecule has 1 saturated heterocycles. The van der Waals surface area contributed by atoms with E-state index in [0.717, 1.165) is 40.5 Å². The molecule has 2 aromatic heterocycles. The molecule has 0 saturated carbocycles. The lowest BCUT2D eigenvalue weighted by Crippen LogP contribution is -2.40. The number of H-pyrrole nitrogens is 1. The third-order valence-electron chi connectivity index (χ3n) is 5.53. The summed E-state index contributed by atoms with van der Waals surface area (Å²) < 4.78 is 21.1. The number of aryl methyl sites for hydroxylation is 1. The summed E-state index contributed by atoms with van der Waals surface area (Å²) in [6.45, 7) is 2.78. The van der Waals surface area contributed by atoms with E-state index in [1.807, 2.05) is 18.2 Å². The van der Waals surface area contributed by atoms with E-state index in [1.54, 1.807) is 18.3 Å². The van der Waals surface area contributed by atoms with Crippen LogP contribution >= 0.6 is 0 Å². The monoisotopic (exact) mass is 391 g/mol. The third-order valence-corrected chi connectivity index (χ3v) is 5.53. The Hall–Kier alpha value is -3.03. The lowest BCUT2D eigenvalue weighted by atomic mass is 10.2. The van der Waals surface area contributed by atoms with Gasteiger partial charge in [-0.05, 0) is 42.0 Å². The second-order valence-electron chi connectivity index (χ2n) is 7.33. The number of fused-ring (bicyclic) bond motifs is 1. The molecule has 0 aliphatic carbocycles. The van der Waals surface area contributed by atoms with Gasteiger partial charge >= 0.3 is 0 Å². The molecular weight excluding hydrogens is 369 g/mol. The molecular formula is C22H22FN5O. The van der Waals surface area contributed by atoms with Crippen molar-refractivity contribution < 1.29 is 9.13 Å². The van der Waals surface area contributed by atoms with Crippen molar-refractivity contribution in [3.63, 3.8) is 0 Å². The predicted octanol–water partition coefficient (Wildman–Crippen LogP) is 3.68. The van der Waals surface area contributed by atoms with Gasteiger partial charge in [0.25, 0.3) is 0 Å². The zero-order valence-electron chi connectivity index (χ0n) is 16.2. The minimum atomic E-state index is -0.247. The van der Waals surface area contributed by atoms with Gasteiger partial charge in [-0.25, -0.2) is 14.4 Å². The van der Waals surface area contributed by atoms with Crippen LogP contribution in [0.3, 0.4) is 0 Å². The second kappa shape index (κ2) is 7.42. The largest absolute Gasteiger partial charge is 0.378 e. The van der Waals surface area contributed by atoms with Crippen LogP contribution in [0.4, 0.5) is 4.39 Å². The van der Waals surface area contributed by atoms with Gasteiger partial charge in [0, 0.05) is 13.6 Å². The van der Waals surface area contributed by atoms with E-state index >= 15 is 0 Å². The van der Waals surface area contributed by atoms with Crippen LogP contribution in [0.25, 0.3) is 22.3 Å². The van der Waals surface area contributed by atoms with E-state index < -0.39 is 0 Å². The molecule has 0 radical (unpaired) electrons. The number of para-hydroxylation sites is 2. The molecule has 1 aliphatic heterocycles. The average molecular weight is 391 g/mol. The van der Waals surface area contributed by atoms with Crippen LogP contribution in [0.2, 0.25) is 0 Å². The quantitative estimate of drug-likeness (QED) is 0.577. The van der Waals surface area contributed by atoms with Crippen LogP contribution < -0.4 is 0 Å². The highest BCUT2D eigenvalue weighted by Crippen LogP contribution is 2.27. The molecule has 4 aromatic rings. The van der Waals surface area contributed by atoms with Gasteiger partial charge in [-0.3, -0.25) is 4.90 Å². The highest BCUT2D eigenvalue weighted by atomic mass is 19.1. The Morgan fingerprint density at radius 1 is 1.17 bits per heavy atom. The van der Waals surface area contributed by atoms with E-state index in [4.69, 9.17) is 9.72 Å². The minimum Gasteiger partial charge on any atom is -0.378 e. The van der Waals surface area contributed by atoms with Gasteiger partial charge in [0.1, 0.15) is 17.5 Å². The van der Waals surface area contributed by atoms with Crippen molar-refractivity contribution in [2.45, 2.75) is 12.6 Å². The van der Waals surface area contributed by atoms with Crippen molar-refractivity contribution in [2.75, 3.05) is 19.8 Å². The number of nitrogens with one attached hydrogen (secondary N) is 1. The Bertz CT molecular complexity index is 1130. The Balaban J connectivity index is 1.41. The first-order chi connectivity index (χ1) is 14.2. The van der Waals surface area contributed by atoms with Gasteiger partial charge in [-0.1, -0.05) is 12.1 Å². The molecule has 3 heterocycles. The molecule has 148 valence electrons. The molecule has 7 heteroatoms. The number of halogens is 1. The van der Waals surface area contributed by atoms with E-state index in [1.165, 1.54) is 12.1 Å². The number of nitrogens with zero attached hydrogens (tertiary/aromatic N) is 4. The summed E-state index contributed by atoms with van der Waals surface area (Å²) in [7, 11) is 2.06. The molecule has 1 unspecified atom stereocenters. The van der Waals surface area contributed by atoms with Gasteiger partial charge in [-0.15, -0.1) is 0 Å². The van der Waals surface area contributed by atoms with Crippen molar-refractivity contribution in [1.82, 2.24) is 24.4 Å². The Kier molecular flexibility index (Phi) is 4.61. The standard InChI is InChI=1S/C22H22FN5O/c1-27-19-5-3-2-4-17(19)25-21(27)13-28-10-11-29-14-20(28)22-24-12-18(26-22)15-6-8-16(23)9-7-15/h2-9,12,20H,10-11,13-14H2,1H3,(H,24,26). The SMILES string of the molecule is Cn1c(CN2CCOCC2c2ncc(-c3ccc(F)cc3)[nH]2)nc2ccccc21. The Morgan fingerprint density at radius 3 is 2.83 bits per heavy atom. The Labute approximate surface area is 168 Å². The maximum Gasteiger partial charge on any atom is 0.126 e. The second-order valence-corrected chi connectivity index (χ2v) is 7.33. The normalized spacial score (nSPS) is 17.8. The molecule has 1 atom stereocenters. The van der Waals surface area contributed by atoms with Crippen LogP contribution in [0.1, 0.15) is 17.7 Å². The van der Waals surface area contributed by atoms with E-state index in [9.17, 15) is 4.39 Å². The van der Waals surface area contributed by atoms with Crippen molar-refractivity contribution in [2.24, 2.45) is 7.05 Å². The van der Waals surface area contributed by atoms with Crippen LogP contribution in [0.15, 0.2) is 54.7 Å². The van der Waals surface area contributed by atoms with Crippen LogP contribution in [-0.4, -0.2) is 44.2 Å². The van der Waals surface area contributed by atoms with E-state index in [0.29, 0.717) is 19.8 Å². The number of morpholine rings is 1.